The summed E-state index contributed by atoms with van der Waals surface area (Å²) in [6, 6.07) is -0.630. The molecule has 0 aliphatic heterocycles. The van der Waals surface area contributed by atoms with Crippen LogP contribution in [-0.4, -0.2) is 54.1 Å². The third kappa shape index (κ3) is 5.68. The highest BCUT2D eigenvalue weighted by molar-refractivity contribution is 8.09. The lowest BCUT2D eigenvalue weighted by Crippen LogP contribution is -2.41. The summed E-state index contributed by atoms with van der Waals surface area (Å²) in [4.78, 5) is 36.0. The lowest BCUT2D eigenvalue weighted by Gasteiger charge is -2.14. The predicted octanol–water partition coefficient (Wildman–Crippen LogP) is -1.05. The lowest BCUT2D eigenvalue weighted by atomic mass is 10.2. The van der Waals surface area contributed by atoms with Gasteiger partial charge in [-0.3, -0.25) is 18.4 Å². The quantitative estimate of drug-likeness (QED) is 0.549. The molecule has 0 radical (unpaired) electrons. The number of aliphatic hydroxyl groups excluding tert-OH is 1. The van der Waals surface area contributed by atoms with E-state index < -0.39 is 34.0 Å². The second-order valence-electron chi connectivity index (χ2n) is 5.44. The molecule has 0 fully saturated rings. The van der Waals surface area contributed by atoms with E-state index in [1.54, 1.807) is 6.92 Å². The first-order chi connectivity index (χ1) is 11.7. The molecule has 0 aliphatic rings. The number of hydrogen-bond acceptors (Lipinski definition) is 6. The van der Waals surface area contributed by atoms with Gasteiger partial charge >= 0.3 is 5.69 Å². The molecule has 2 N–H and O–H groups in total. The summed E-state index contributed by atoms with van der Waals surface area (Å²) in [7, 11) is 1.75. The Morgan fingerprint density at radius 2 is 2.00 bits per heavy atom. The van der Waals surface area contributed by atoms with Gasteiger partial charge in [-0.2, -0.15) is 11.8 Å². The molecular weight excluding hydrogens is 366 g/mol. The van der Waals surface area contributed by atoms with Crippen molar-refractivity contribution in [2.45, 2.75) is 13.0 Å². The number of amides is 1. The van der Waals surface area contributed by atoms with E-state index in [1.807, 2.05) is 6.26 Å². The number of hydrogen-bond donors (Lipinski definition) is 2. The Morgan fingerprint density at radius 3 is 2.56 bits per heavy atom. The van der Waals surface area contributed by atoms with Crippen LogP contribution in [-0.2, 0) is 29.7 Å². The van der Waals surface area contributed by atoms with E-state index in [0.717, 1.165) is 10.6 Å². The molecule has 0 spiro atoms. The molecule has 10 heteroatoms. The molecule has 0 saturated carbocycles. The number of carbonyl (C=O) groups excluding carboxylic acids is 1. The number of aliphatic hydroxyl groups is 1. The Balaban J connectivity index is 2.92. The van der Waals surface area contributed by atoms with Crippen molar-refractivity contribution in [1.82, 2.24) is 14.5 Å². The van der Waals surface area contributed by atoms with Crippen LogP contribution >= 0.6 is 11.8 Å². The van der Waals surface area contributed by atoms with E-state index >= 15 is 0 Å². The summed E-state index contributed by atoms with van der Waals surface area (Å²) in [5, 5.41) is 12.3. The Labute approximate surface area is 152 Å². The van der Waals surface area contributed by atoms with E-state index in [0.29, 0.717) is 10.8 Å². The summed E-state index contributed by atoms with van der Waals surface area (Å²) in [6.07, 6.45) is 4.32. The lowest BCUT2D eigenvalue weighted by molar-refractivity contribution is -0.117. The first kappa shape index (κ1) is 21.4. The van der Waals surface area contributed by atoms with Gasteiger partial charge in [-0.15, -0.1) is 0 Å². The molecule has 0 saturated heterocycles. The molecule has 25 heavy (non-hydrogen) atoms. The maximum absolute atomic E-state index is 12.2. The minimum atomic E-state index is -1.15. The van der Waals surface area contributed by atoms with E-state index in [4.69, 9.17) is 0 Å². The number of thioether (sulfide) groups is 1. The topological polar surface area (TPSA) is 110 Å². The maximum Gasteiger partial charge on any atom is 0.330 e. The molecule has 8 nitrogen and oxygen atoms in total. The van der Waals surface area contributed by atoms with Gasteiger partial charge in [-0.25, -0.2) is 4.79 Å². The van der Waals surface area contributed by atoms with E-state index in [-0.39, 0.29) is 17.9 Å². The minimum Gasteiger partial charge on any atom is -0.394 e. The number of aromatic nitrogens is 2. The normalized spacial score (nSPS) is 13.8. The maximum atomic E-state index is 12.2. The van der Waals surface area contributed by atoms with Crippen LogP contribution in [0.15, 0.2) is 15.7 Å². The van der Waals surface area contributed by atoms with Gasteiger partial charge < -0.3 is 15.0 Å². The van der Waals surface area contributed by atoms with Crippen molar-refractivity contribution in [2.75, 3.05) is 23.7 Å². The van der Waals surface area contributed by atoms with E-state index in [2.05, 4.69) is 5.32 Å². The standard InChI is InChI=1S/C15H23N3O5S2/c1-10-12(14(21)18(3)15(22)17(10)2)5-6-13(20)16-11(7-19)8-25(23)9-24-4/h5-6,11,19H,7-9H2,1-4H3,(H,16,20)/b6-5+/t11-,25?/m0/s1. The van der Waals surface area contributed by atoms with Crippen LogP contribution in [0, 0.1) is 6.92 Å². The minimum absolute atomic E-state index is 0.150. The summed E-state index contributed by atoms with van der Waals surface area (Å²) in [5.41, 5.74) is -0.270. The Kier molecular flexibility index (Phi) is 8.33. The molecule has 0 bridgehead atoms. The molecule has 0 aliphatic carbocycles. The smallest absolute Gasteiger partial charge is 0.330 e. The summed E-state index contributed by atoms with van der Waals surface area (Å²) in [6.45, 7) is 1.28. The molecule has 140 valence electrons. The second kappa shape index (κ2) is 9.73. The fourth-order valence-electron chi connectivity index (χ4n) is 2.12. The SMILES string of the molecule is CSCS(=O)C[C@H](CO)NC(=O)/C=C/c1c(C)n(C)c(=O)n(C)c1=O. The van der Waals surface area contributed by atoms with E-state index in [1.165, 1.54) is 36.5 Å². The van der Waals surface area contributed by atoms with Crippen LogP contribution < -0.4 is 16.6 Å². The fraction of sp³-hybridized carbons (Fsp3) is 0.533. The van der Waals surface area contributed by atoms with Crippen molar-refractivity contribution in [3.63, 3.8) is 0 Å². The predicted molar refractivity (Wildman–Crippen MR) is 101 cm³/mol. The fourth-order valence-corrected chi connectivity index (χ4v) is 4.19. The largest absolute Gasteiger partial charge is 0.394 e. The van der Waals surface area contributed by atoms with Crippen molar-refractivity contribution in [3.8, 4) is 0 Å². The molecular formula is C15H23N3O5S2. The molecule has 1 aromatic rings. The van der Waals surface area contributed by atoms with Crippen LogP contribution in [0.3, 0.4) is 0 Å². The van der Waals surface area contributed by atoms with E-state index in [9.17, 15) is 23.7 Å². The van der Waals surface area contributed by atoms with Gasteiger partial charge in [-0.05, 0) is 19.3 Å². The van der Waals surface area contributed by atoms with Crippen molar-refractivity contribution in [3.05, 3.63) is 38.2 Å². The Hall–Kier alpha value is -1.65. The zero-order valence-electron chi connectivity index (χ0n) is 14.6. The average molecular weight is 389 g/mol. The zero-order chi connectivity index (χ0) is 19.1. The van der Waals surface area contributed by atoms with Gasteiger partial charge in [0.25, 0.3) is 5.56 Å². The number of carbonyl (C=O) groups is 1. The first-order valence-electron chi connectivity index (χ1n) is 7.42. The van der Waals surface area contributed by atoms with Gasteiger partial charge in [0.05, 0.1) is 23.3 Å². The molecule has 1 unspecified atom stereocenters. The van der Waals surface area contributed by atoms with Crippen LogP contribution in [0.5, 0.6) is 0 Å². The van der Waals surface area contributed by atoms with Crippen molar-refractivity contribution >= 4 is 34.5 Å². The van der Waals surface area contributed by atoms with Crippen LogP contribution in [0.1, 0.15) is 11.3 Å². The number of nitrogens with zero attached hydrogens (tertiary/aromatic N) is 2. The van der Waals surface area contributed by atoms with Crippen LogP contribution in [0.4, 0.5) is 0 Å². The summed E-state index contributed by atoms with van der Waals surface area (Å²) < 4.78 is 14.0. The van der Waals surface area contributed by atoms with Crippen LogP contribution in [0.25, 0.3) is 6.08 Å². The molecule has 1 aromatic heterocycles. The van der Waals surface area contributed by atoms with Gasteiger partial charge in [-0.1, -0.05) is 0 Å². The molecule has 1 rings (SSSR count). The van der Waals surface area contributed by atoms with Gasteiger partial charge in [0.2, 0.25) is 5.91 Å². The summed E-state index contributed by atoms with van der Waals surface area (Å²) >= 11 is 1.42. The highest BCUT2D eigenvalue weighted by Crippen LogP contribution is 2.02. The molecule has 1 amide bonds. The third-order valence-corrected chi connectivity index (χ3v) is 6.37. The zero-order valence-corrected chi connectivity index (χ0v) is 16.3. The molecule has 0 aromatic carbocycles. The average Bonchev–Trinajstić information content (AvgIpc) is 2.57. The second-order valence-corrected chi connectivity index (χ2v) is 8.17. The third-order valence-electron chi connectivity index (χ3n) is 3.61. The molecule has 1 heterocycles. The first-order valence-corrected chi connectivity index (χ1v) is 10.3. The van der Waals surface area contributed by atoms with Crippen molar-refractivity contribution in [2.24, 2.45) is 14.1 Å². The monoisotopic (exact) mass is 389 g/mol. The molecule has 2 atom stereocenters. The Bertz CT molecular complexity index is 798. The van der Waals surface area contributed by atoms with Gasteiger partial charge in [0, 0.05) is 42.4 Å². The van der Waals surface area contributed by atoms with Crippen molar-refractivity contribution < 1.29 is 14.1 Å². The van der Waals surface area contributed by atoms with Gasteiger partial charge in [0.1, 0.15) is 0 Å². The summed E-state index contributed by atoms with van der Waals surface area (Å²) in [5.74, 6) is -0.368. The number of nitrogens with one attached hydrogen (secondary N) is 1. The van der Waals surface area contributed by atoms with Crippen LogP contribution in [0.2, 0.25) is 0 Å². The van der Waals surface area contributed by atoms with Crippen molar-refractivity contribution in [1.29, 1.82) is 0 Å². The Morgan fingerprint density at radius 1 is 1.36 bits per heavy atom. The highest BCUT2D eigenvalue weighted by Gasteiger charge is 2.14. The van der Waals surface area contributed by atoms with Gasteiger partial charge in [0.15, 0.2) is 0 Å². The number of rotatable bonds is 8. The highest BCUT2D eigenvalue weighted by atomic mass is 32.2.